The Morgan fingerprint density at radius 3 is 2.58 bits per heavy atom. The van der Waals surface area contributed by atoms with Crippen molar-refractivity contribution >= 4 is 17.7 Å². The zero-order valence-corrected chi connectivity index (χ0v) is 14.5. The van der Waals surface area contributed by atoms with Crippen LogP contribution in [0.2, 0.25) is 0 Å². The lowest BCUT2D eigenvalue weighted by Crippen LogP contribution is -2.42. The fourth-order valence-electron chi connectivity index (χ4n) is 2.54. The molecule has 3 rings (SSSR count). The molecule has 5 heteroatoms. The molecule has 2 N–H and O–H groups in total. The van der Waals surface area contributed by atoms with Crippen LogP contribution in [-0.4, -0.2) is 35.5 Å². The third kappa shape index (κ3) is 4.93. The molecule has 2 aromatic carbocycles. The topological polar surface area (TPSA) is 50.9 Å². The third-order valence-corrected chi connectivity index (χ3v) is 4.85. The van der Waals surface area contributed by atoms with Crippen LogP contribution in [-0.2, 0) is 13.2 Å². The first-order valence-electron chi connectivity index (χ1n) is 8.19. The Kier molecular flexibility index (Phi) is 6.01. The number of guanidine groups is 1. The van der Waals surface area contributed by atoms with Gasteiger partial charge in [0.2, 0.25) is 0 Å². The van der Waals surface area contributed by atoms with E-state index in [1.54, 1.807) is 0 Å². The predicted octanol–water partition coefficient (Wildman–Crippen LogP) is 3.13. The molecule has 0 aliphatic carbocycles. The van der Waals surface area contributed by atoms with E-state index < -0.39 is 0 Å². The molecular weight excluding hydrogens is 318 g/mol. The van der Waals surface area contributed by atoms with E-state index in [1.165, 1.54) is 0 Å². The molecule has 4 nitrogen and oxygen atoms in total. The zero-order chi connectivity index (χ0) is 16.6. The maximum Gasteiger partial charge on any atom is 0.191 e. The van der Waals surface area contributed by atoms with E-state index in [2.05, 4.69) is 28.1 Å². The summed E-state index contributed by atoms with van der Waals surface area (Å²) < 4.78 is 5.86. The molecule has 1 heterocycles. The molecule has 0 bridgehead atoms. The monoisotopic (exact) mass is 341 g/mol. The number of nitrogens with zero attached hydrogens (tertiary/aromatic N) is 2. The zero-order valence-electron chi connectivity index (χ0n) is 13.7. The van der Waals surface area contributed by atoms with Gasteiger partial charge in [0.1, 0.15) is 12.4 Å². The van der Waals surface area contributed by atoms with Gasteiger partial charge >= 0.3 is 0 Å². The van der Waals surface area contributed by atoms with Gasteiger partial charge in [-0.25, -0.2) is 4.99 Å². The van der Waals surface area contributed by atoms with E-state index in [0.29, 0.717) is 19.1 Å². The van der Waals surface area contributed by atoms with Crippen LogP contribution < -0.4 is 10.5 Å². The fourth-order valence-corrected chi connectivity index (χ4v) is 3.44. The van der Waals surface area contributed by atoms with Crippen molar-refractivity contribution in [2.75, 3.05) is 24.6 Å². The Balaban J connectivity index is 1.56. The SMILES string of the molecule is NC(=NCc1cccc(OCc2ccccc2)c1)N1CCSCC1. The molecule has 24 heavy (non-hydrogen) atoms. The molecule has 0 saturated carbocycles. The molecule has 126 valence electrons. The molecule has 1 aliphatic rings. The quantitative estimate of drug-likeness (QED) is 0.670. The maximum absolute atomic E-state index is 6.10. The molecule has 0 aromatic heterocycles. The van der Waals surface area contributed by atoms with Gasteiger partial charge in [0.05, 0.1) is 6.54 Å². The van der Waals surface area contributed by atoms with Crippen LogP contribution in [0.25, 0.3) is 0 Å². The van der Waals surface area contributed by atoms with Crippen molar-refractivity contribution in [1.29, 1.82) is 0 Å². The molecule has 0 amide bonds. The molecule has 0 atom stereocenters. The molecular formula is C19H23N3OS. The lowest BCUT2D eigenvalue weighted by atomic mass is 10.2. The summed E-state index contributed by atoms with van der Waals surface area (Å²) in [5.74, 6) is 3.75. The summed E-state index contributed by atoms with van der Waals surface area (Å²) in [7, 11) is 0. The van der Waals surface area contributed by atoms with Gasteiger partial charge in [0, 0.05) is 24.6 Å². The average Bonchev–Trinajstić information content (AvgIpc) is 2.66. The standard InChI is InChI=1S/C19H23N3OS/c20-19(22-9-11-24-12-10-22)21-14-17-7-4-8-18(13-17)23-15-16-5-2-1-3-6-16/h1-8,13H,9-12,14-15H2,(H2,20,21). The van der Waals surface area contributed by atoms with Crippen molar-refractivity contribution in [3.8, 4) is 5.75 Å². The second-order valence-electron chi connectivity index (χ2n) is 5.70. The number of hydrogen-bond donors (Lipinski definition) is 1. The molecule has 1 aliphatic heterocycles. The van der Waals surface area contributed by atoms with E-state index in [4.69, 9.17) is 10.5 Å². The minimum atomic E-state index is 0.571. The molecule has 1 fully saturated rings. The first-order chi connectivity index (χ1) is 11.8. The highest BCUT2D eigenvalue weighted by Crippen LogP contribution is 2.16. The van der Waals surface area contributed by atoms with Crippen molar-refractivity contribution < 1.29 is 4.74 Å². The minimum absolute atomic E-state index is 0.571. The Labute approximate surface area is 147 Å². The number of thioether (sulfide) groups is 1. The summed E-state index contributed by atoms with van der Waals surface area (Å²) in [5.41, 5.74) is 8.37. The highest BCUT2D eigenvalue weighted by molar-refractivity contribution is 7.99. The largest absolute Gasteiger partial charge is 0.489 e. The van der Waals surface area contributed by atoms with Gasteiger partial charge in [-0.15, -0.1) is 0 Å². The highest BCUT2D eigenvalue weighted by atomic mass is 32.2. The first kappa shape index (κ1) is 16.7. The average molecular weight is 341 g/mol. The maximum atomic E-state index is 6.10. The predicted molar refractivity (Wildman–Crippen MR) is 101 cm³/mol. The van der Waals surface area contributed by atoms with E-state index in [9.17, 15) is 0 Å². The van der Waals surface area contributed by atoms with Crippen molar-refractivity contribution in [3.63, 3.8) is 0 Å². The van der Waals surface area contributed by atoms with Crippen molar-refractivity contribution in [2.24, 2.45) is 10.7 Å². The first-order valence-corrected chi connectivity index (χ1v) is 9.35. The number of aliphatic imine (C=N–C) groups is 1. The van der Waals surface area contributed by atoms with Gasteiger partial charge in [0.15, 0.2) is 5.96 Å². The molecule has 1 saturated heterocycles. The Bertz CT molecular complexity index is 669. The van der Waals surface area contributed by atoms with E-state index in [0.717, 1.165) is 41.5 Å². The third-order valence-electron chi connectivity index (χ3n) is 3.91. The van der Waals surface area contributed by atoms with Crippen molar-refractivity contribution in [3.05, 3.63) is 65.7 Å². The lowest BCUT2D eigenvalue weighted by molar-refractivity contribution is 0.306. The summed E-state index contributed by atoms with van der Waals surface area (Å²) in [6.07, 6.45) is 0. The Hall–Kier alpha value is -2.14. The van der Waals surface area contributed by atoms with Crippen LogP contribution in [0.1, 0.15) is 11.1 Å². The molecule has 2 aromatic rings. The second-order valence-corrected chi connectivity index (χ2v) is 6.92. The van der Waals surface area contributed by atoms with Gasteiger partial charge in [-0.3, -0.25) is 0 Å². The summed E-state index contributed by atoms with van der Waals surface area (Å²) in [5, 5.41) is 0. The minimum Gasteiger partial charge on any atom is -0.489 e. The molecule has 0 unspecified atom stereocenters. The summed E-state index contributed by atoms with van der Waals surface area (Å²) >= 11 is 1.97. The van der Waals surface area contributed by atoms with Crippen LogP contribution in [0, 0.1) is 0 Å². The highest BCUT2D eigenvalue weighted by Gasteiger charge is 2.11. The lowest BCUT2D eigenvalue weighted by Gasteiger charge is -2.27. The number of nitrogens with two attached hydrogens (primary N) is 1. The van der Waals surface area contributed by atoms with E-state index in [1.807, 2.05) is 48.2 Å². The van der Waals surface area contributed by atoms with Gasteiger partial charge in [-0.2, -0.15) is 11.8 Å². The summed E-state index contributed by atoms with van der Waals surface area (Å²) in [6.45, 7) is 3.12. The van der Waals surface area contributed by atoms with Gasteiger partial charge in [0.25, 0.3) is 0 Å². The number of benzene rings is 2. The Morgan fingerprint density at radius 2 is 1.79 bits per heavy atom. The number of rotatable bonds is 5. The van der Waals surface area contributed by atoms with Gasteiger partial charge < -0.3 is 15.4 Å². The van der Waals surface area contributed by atoms with E-state index >= 15 is 0 Å². The summed E-state index contributed by atoms with van der Waals surface area (Å²) in [6, 6.07) is 18.2. The summed E-state index contributed by atoms with van der Waals surface area (Å²) in [4.78, 5) is 6.69. The van der Waals surface area contributed by atoms with Crippen LogP contribution in [0.5, 0.6) is 5.75 Å². The smallest absolute Gasteiger partial charge is 0.191 e. The van der Waals surface area contributed by atoms with Crippen LogP contribution >= 0.6 is 11.8 Å². The van der Waals surface area contributed by atoms with Gasteiger partial charge in [-0.1, -0.05) is 42.5 Å². The second kappa shape index (κ2) is 8.64. The van der Waals surface area contributed by atoms with Crippen LogP contribution in [0.4, 0.5) is 0 Å². The van der Waals surface area contributed by atoms with Crippen molar-refractivity contribution in [1.82, 2.24) is 4.90 Å². The number of hydrogen-bond acceptors (Lipinski definition) is 3. The van der Waals surface area contributed by atoms with Crippen LogP contribution in [0.15, 0.2) is 59.6 Å². The van der Waals surface area contributed by atoms with Gasteiger partial charge in [-0.05, 0) is 23.3 Å². The molecule has 0 radical (unpaired) electrons. The van der Waals surface area contributed by atoms with Crippen LogP contribution in [0.3, 0.4) is 0 Å². The normalized spacial score (nSPS) is 15.3. The van der Waals surface area contributed by atoms with Crippen molar-refractivity contribution in [2.45, 2.75) is 13.2 Å². The number of ether oxygens (including phenoxy) is 1. The Morgan fingerprint density at radius 1 is 1.04 bits per heavy atom. The van der Waals surface area contributed by atoms with E-state index in [-0.39, 0.29) is 0 Å². The fraction of sp³-hybridized carbons (Fsp3) is 0.316. The molecule has 0 spiro atoms.